The second-order valence-corrected chi connectivity index (χ2v) is 4.75. The van der Waals surface area contributed by atoms with E-state index in [1.165, 1.54) is 0 Å². The molecule has 82 valence electrons. The predicted octanol–water partition coefficient (Wildman–Crippen LogP) is 1.83. The SMILES string of the molecule is C[C@@H]1CCC[C@]2(C[C@@H](O)C[C@H](C)O2)O1. The Kier molecular flexibility index (Phi) is 2.82. The summed E-state index contributed by atoms with van der Waals surface area (Å²) in [6, 6.07) is 0. The highest BCUT2D eigenvalue weighted by molar-refractivity contribution is 4.85. The molecular weight excluding hydrogens is 180 g/mol. The summed E-state index contributed by atoms with van der Waals surface area (Å²) in [6.45, 7) is 4.09. The quantitative estimate of drug-likeness (QED) is 0.648. The minimum atomic E-state index is -0.477. The van der Waals surface area contributed by atoms with Crippen LogP contribution in [0.3, 0.4) is 0 Å². The van der Waals surface area contributed by atoms with Crippen LogP contribution in [-0.2, 0) is 9.47 Å². The van der Waals surface area contributed by atoms with Crippen molar-refractivity contribution in [1.82, 2.24) is 0 Å². The van der Waals surface area contributed by atoms with Crippen LogP contribution in [0.2, 0.25) is 0 Å². The normalized spacial score (nSPS) is 49.5. The zero-order valence-electron chi connectivity index (χ0n) is 9.03. The van der Waals surface area contributed by atoms with Crippen molar-refractivity contribution in [3.8, 4) is 0 Å². The topological polar surface area (TPSA) is 38.7 Å². The summed E-state index contributed by atoms with van der Waals surface area (Å²) in [7, 11) is 0. The highest BCUT2D eigenvalue weighted by Crippen LogP contribution is 2.38. The van der Waals surface area contributed by atoms with Gasteiger partial charge in [0.25, 0.3) is 0 Å². The fourth-order valence-electron chi connectivity index (χ4n) is 2.67. The van der Waals surface area contributed by atoms with E-state index >= 15 is 0 Å². The van der Waals surface area contributed by atoms with Gasteiger partial charge in [0.1, 0.15) is 0 Å². The van der Waals surface area contributed by atoms with E-state index < -0.39 is 5.79 Å². The second-order valence-electron chi connectivity index (χ2n) is 4.75. The molecule has 3 heteroatoms. The van der Waals surface area contributed by atoms with E-state index in [9.17, 15) is 5.11 Å². The molecule has 0 unspecified atom stereocenters. The lowest BCUT2D eigenvalue weighted by atomic mass is 9.92. The van der Waals surface area contributed by atoms with E-state index in [4.69, 9.17) is 9.47 Å². The first-order valence-electron chi connectivity index (χ1n) is 5.63. The van der Waals surface area contributed by atoms with Crippen LogP contribution in [-0.4, -0.2) is 29.2 Å². The van der Waals surface area contributed by atoms with E-state index in [1.54, 1.807) is 0 Å². The molecule has 0 amide bonds. The maximum atomic E-state index is 9.72. The zero-order valence-corrected chi connectivity index (χ0v) is 9.03. The summed E-state index contributed by atoms with van der Waals surface area (Å²) in [6.07, 6.45) is 4.67. The first-order valence-corrected chi connectivity index (χ1v) is 5.63. The molecular formula is C11H20O3. The van der Waals surface area contributed by atoms with Crippen LogP contribution in [0.4, 0.5) is 0 Å². The van der Waals surface area contributed by atoms with Gasteiger partial charge in [-0.1, -0.05) is 0 Å². The molecule has 0 radical (unpaired) electrons. The molecule has 1 N–H and O–H groups in total. The van der Waals surface area contributed by atoms with Gasteiger partial charge in [-0.3, -0.25) is 0 Å². The lowest BCUT2D eigenvalue weighted by molar-refractivity contribution is -0.321. The number of aliphatic hydroxyl groups is 1. The van der Waals surface area contributed by atoms with Gasteiger partial charge in [0.15, 0.2) is 5.79 Å². The lowest BCUT2D eigenvalue weighted by Gasteiger charge is -2.46. The van der Waals surface area contributed by atoms with Crippen LogP contribution in [0.25, 0.3) is 0 Å². The number of ether oxygens (including phenoxy) is 2. The molecule has 0 saturated carbocycles. The smallest absolute Gasteiger partial charge is 0.171 e. The standard InChI is InChI=1S/C11H20O3/c1-8-4-3-5-11(13-8)7-10(12)6-9(2)14-11/h8-10,12H,3-7H2,1-2H3/t8-,9+,10+,11+/m1/s1. The van der Waals surface area contributed by atoms with Crippen molar-refractivity contribution < 1.29 is 14.6 Å². The highest BCUT2D eigenvalue weighted by Gasteiger charge is 2.43. The van der Waals surface area contributed by atoms with Crippen molar-refractivity contribution in [1.29, 1.82) is 0 Å². The Morgan fingerprint density at radius 3 is 2.57 bits per heavy atom. The molecule has 0 aromatic heterocycles. The van der Waals surface area contributed by atoms with E-state index in [0.29, 0.717) is 6.42 Å². The Morgan fingerprint density at radius 1 is 1.21 bits per heavy atom. The van der Waals surface area contributed by atoms with Crippen LogP contribution in [0.5, 0.6) is 0 Å². The summed E-state index contributed by atoms with van der Waals surface area (Å²) in [5.74, 6) is -0.477. The Morgan fingerprint density at radius 2 is 1.93 bits per heavy atom. The van der Waals surface area contributed by atoms with Crippen molar-refractivity contribution >= 4 is 0 Å². The maximum absolute atomic E-state index is 9.72. The van der Waals surface area contributed by atoms with Crippen molar-refractivity contribution in [2.45, 2.75) is 70.1 Å². The number of rotatable bonds is 0. The second kappa shape index (κ2) is 3.80. The molecule has 3 nitrogen and oxygen atoms in total. The van der Waals surface area contributed by atoms with E-state index in [1.807, 2.05) is 6.92 Å². The molecule has 2 aliphatic rings. The fraction of sp³-hybridized carbons (Fsp3) is 1.00. The third kappa shape index (κ3) is 2.10. The molecule has 0 bridgehead atoms. The molecule has 2 saturated heterocycles. The number of hydrogen-bond donors (Lipinski definition) is 1. The third-order valence-electron chi connectivity index (χ3n) is 3.15. The third-order valence-corrected chi connectivity index (χ3v) is 3.15. The minimum Gasteiger partial charge on any atom is -0.393 e. The maximum Gasteiger partial charge on any atom is 0.171 e. The molecule has 14 heavy (non-hydrogen) atoms. The van der Waals surface area contributed by atoms with Gasteiger partial charge < -0.3 is 14.6 Å². The van der Waals surface area contributed by atoms with Gasteiger partial charge in [-0.05, 0) is 33.1 Å². The Hall–Kier alpha value is -0.120. The van der Waals surface area contributed by atoms with Crippen LogP contribution in [0.15, 0.2) is 0 Å². The first-order chi connectivity index (χ1) is 6.60. The van der Waals surface area contributed by atoms with Gasteiger partial charge in [0.05, 0.1) is 18.3 Å². The zero-order chi connectivity index (χ0) is 10.2. The van der Waals surface area contributed by atoms with E-state index in [2.05, 4.69) is 6.92 Å². The molecule has 0 aliphatic carbocycles. The Balaban J connectivity index is 2.05. The van der Waals surface area contributed by atoms with Crippen molar-refractivity contribution in [2.24, 2.45) is 0 Å². The average Bonchev–Trinajstić information content (AvgIpc) is 1.99. The van der Waals surface area contributed by atoms with Crippen LogP contribution >= 0.6 is 0 Å². The molecule has 0 aromatic carbocycles. The molecule has 2 aliphatic heterocycles. The first kappa shape index (κ1) is 10.4. The number of hydrogen-bond acceptors (Lipinski definition) is 3. The largest absolute Gasteiger partial charge is 0.393 e. The predicted molar refractivity (Wildman–Crippen MR) is 52.9 cm³/mol. The van der Waals surface area contributed by atoms with Gasteiger partial charge in [0, 0.05) is 12.8 Å². The monoisotopic (exact) mass is 200 g/mol. The van der Waals surface area contributed by atoms with Gasteiger partial charge in [-0.2, -0.15) is 0 Å². The molecule has 0 aromatic rings. The minimum absolute atomic E-state index is 0.115. The Bertz CT molecular complexity index is 189. The molecule has 2 heterocycles. The van der Waals surface area contributed by atoms with E-state index in [-0.39, 0.29) is 18.3 Å². The molecule has 1 spiro atoms. The summed E-state index contributed by atoms with van der Waals surface area (Å²) in [4.78, 5) is 0. The average molecular weight is 200 g/mol. The van der Waals surface area contributed by atoms with Gasteiger partial charge >= 0.3 is 0 Å². The molecule has 4 atom stereocenters. The summed E-state index contributed by atoms with van der Waals surface area (Å²) in [5, 5.41) is 9.72. The van der Waals surface area contributed by atoms with Crippen LogP contribution in [0, 0.1) is 0 Å². The van der Waals surface area contributed by atoms with Crippen LogP contribution in [0.1, 0.15) is 46.0 Å². The lowest BCUT2D eigenvalue weighted by Crippen LogP contribution is -2.50. The highest BCUT2D eigenvalue weighted by atomic mass is 16.7. The molecule has 2 fully saturated rings. The summed E-state index contributed by atoms with van der Waals surface area (Å²) >= 11 is 0. The Labute approximate surface area is 85.4 Å². The molecule has 2 rings (SSSR count). The van der Waals surface area contributed by atoms with E-state index in [0.717, 1.165) is 25.7 Å². The van der Waals surface area contributed by atoms with Gasteiger partial charge in [0.2, 0.25) is 0 Å². The van der Waals surface area contributed by atoms with Crippen molar-refractivity contribution in [2.75, 3.05) is 0 Å². The van der Waals surface area contributed by atoms with Gasteiger partial charge in [-0.15, -0.1) is 0 Å². The van der Waals surface area contributed by atoms with Crippen LogP contribution < -0.4 is 0 Å². The van der Waals surface area contributed by atoms with Gasteiger partial charge in [-0.25, -0.2) is 0 Å². The number of aliphatic hydroxyl groups excluding tert-OH is 1. The fourth-order valence-corrected chi connectivity index (χ4v) is 2.67. The van der Waals surface area contributed by atoms with Crippen molar-refractivity contribution in [3.05, 3.63) is 0 Å². The summed E-state index contributed by atoms with van der Waals surface area (Å²) in [5.41, 5.74) is 0. The summed E-state index contributed by atoms with van der Waals surface area (Å²) < 4.78 is 11.7. The van der Waals surface area contributed by atoms with Crippen molar-refractivity contribution in [3.63, 3.8) is 0 Å².